The minimum absolute atomic E-state index is 0.503. The van der Waals surface area contributed by atoms with Crippen LogP contribution in [-0.2, 0) is 0 Å². The van der Waals surface area contributed by atoms with Crippen LogP contribution >= 0.6 is 0 Å². The average molecular weight is 412 g/mol. The summed E-state index contributed by atoms with van der Waals surface area (Å²) < 4.78 is 0. The van der Waals surface area contributed by atoms with Crippen molar-refractivity contribution in [3.8, 4) is 11.3 Å². The predicted molar refractivity (Wildman–Crippen MR) is 129 cm³/mol. The highest BCUT2D eigenvalue weighted by Gasteiger charge is 2.19. The van der Waals surface area contributed by atoms with Gasteiger partial charge in [-0.25, -0.2) is 4.98 Å². The molecule has 4 rings (SSSR count). The van der Waals surface area contributed by atoms with Crippen LogP contribution in [0, 0.1) is 0 Å². The third-order valence-corrected chi connectivity index (χ3v) is 5.61. The molecule has 2 aromatic heterocycles. The number of nitrogens with one attached hydrogen (secondary N) is 2. The standard InChI is InChI=1S/C21H29N5.2C2H6/c1-3-9-16(10-4-1)24-20-18(19-13-7-8-14-22-19)15-23-21(26-20)25-17-11-5-2-6-12-17;2*1-2/h7-8,13-17H,1-6,9-12H2,(H2,23,24,25,26);2*1-2H3. The summed E-state index contributed by atoms with van der Waals surface area (Å²) in [7, 11) is 0. The van der Waals surface area contributed by atoms with Gasteiger partial charge in [0.25, 0.3) is 0 Å². The summed E-state index contributed by atoms with van der Waals surface area (Å²) in [5.41, 5.74) is 1.92. The summed E-state index contributed by atoms with van der Waals surface area (Å²) in [6, 6.07) is 6.99. The highest BCUT2D eigenvalue weighted by molar-refractivity contribution is 5.72. The van der Waals surface area contributed by atoms with Gasteiger partial charge in [0.05, 0.1) is 11.3 Å². The van der Waals surface area contributed by atoms with Crippen LogP contribution in [0.5, 0.6) is 0 Å². The Hall–Kier alpha value is -2.17. The lowest BCUT2D eigenvalue weighted by Gasteiger charge is -2.26. The van der Waals surface area contributed by atoms with Crippen LogP contribution in [0.15, 0.2) is 30.6 Å². The van der Waals surface area contributed by atoms with Gasteiger partial charge in [-0.05, 0) is 37.8 Å². The molecule has 0 aromatic carbocycles. The van der Waals surface area contributed by atoms with Crippen LogP contribution in [0.25, 0.3) is 11.3 Å². The van der Waals surface area contributed by atoms with Gasteiger partial charge >= 0.3 is 0 Å². The highest BCUT2D eigenvalue weighted by atomic mass is 15.2. The quantitative estimate of drug-likeness (QED) is 0.550. The van der Waals surface area contributed by atoms with E-state index < -0.39 is 0 Å². The maximum atomic E-state index is 4.86. The lowest BCUT2D eigenvalue weighted by atomic mass is 9.95. The molecule has 0 radical (unpaired) electrons. The fourth-order valence-electron chi connectivity index (χ4n) is 4.14. The zero-order valence-corrected chi connectivity index (χ0v) is 19.5. The number of hydrogen-bond acceptors (Lipinski definition) is 5. The van der Waals surface area contributed by atoms with E-state index >= 15 is 0 Å². The molecule has 2 saturated carbocycles. The molecule has 0 saturated heterocycles. The van der Waals surface area contributed by atoms with E-state index in [1.54, 1.807) is 0 Å². The number of anilines is 2. The first-order valence-corrected chi connectivity index (χ1v) is 12.2. The summed E-state index contributed by atoms with van der Waals surface area (Å²) in [6.07, 6.45) is 16.5. The van der Waals surface area contributed by atoms with Gasteiger partial charge < -0.3 is 10.6 Å². The minimum atomic E-state index is 0.503. The van der Waals surface area contributed by atoms with E-state index in [-0.39, 0.29) is 0 Å². The Balaban J connectivity index is 0.000000757. The highest BCUT2D eigenvalue weighted by Crippen LogP contribution is 2.29. The Morgan fingerprint density at radius 1 is 0.733 bits per heavy atom. The predicted octanol–water partition coefficient (Wildman–Crippen LogP) is 7.08. The minimum Gasteiger partial charge on any atom is -0.367 e. The van der Waals surface area contributed by atoms with Crippen molar-refractivity contribution in [3.05, 3.63) is 30.6 Å². The number of hydrogen-bond donors (Lipinski definition) is 2. The number of aromatic nitrogens is 3. The average Bonchev–Trinajstić information content (AvgIpc) is 2.84. The fraction of sp³-hybridized carbons (Fsp3) is 0.640. The second kappa shape index (κ2) is 13.9. The van der Waals surface area contributed by atoms with Crippen molar-refractivity contribution in [2.45, 2.75) is 104 Å². The summed E-state index contributed by atoms with van der Waals surface area (Å²) in [4.78, 5) is 14.0. The van der Waals surface area contributed by atoms with Crippen molar-refractivity contribution in [3.63, 3.8) is 0 Å². The Labute approximate surface area is 183 Å². The molecule has 0 spiro atoms. The Morgan fingerprint density at radius 2 is 1.33 bits per heavy atom. The topological polar surface area (TPSA) is 62.7 Å². The van der Waals surface area contributed by atoms with Crippen LogP contribution in [0.3, 0.4) is 0 Å². The molecular weight excluding hydrogens is 370 g/mol. The van der Waals surface area contributed by atoms with E-state index in [9.17, 15) is 0 Å². The molecule has 0 unspecified atom stereocenters. The Kier molecular flexibility index (Phi) is 11.2. The monoisotopic (exact) mass is 411 g/mol. The van der Waals surface area contributed by atoms with Crippen LogP contribution in [0.4, 0.5) is 11.8 Å². The molecule has 0 amide bonds. The molecule has 5 nitrogen and oxygen atoms in total. The maximum Gasteiger partial charge on any atom is 0.224 e. The third kappa shape index (κ3) is 7.26. The molecule has 166 valence electrons. The fourth-order valence-corrected chi connectivity index (χ4v) is 4.14. The molecule has 2 aliphatic carbocycles. The second-order valence-electron chi connectivity index (χ2n) is 7.63. The molecular formula is C25H41N5. The third-order valence-electron chi connectivity index (χ3n) is 5.61. The Bertz CT molecular complexity index is 692. The summed E-state index contributed by atoms with van der Waals surface area (Å²) in [5.74, 6) is 1.67. The van der Waals surface area contributed by atoms with E-state index in [1.807, 2.05) is 58.3 Å². The second-order valence-corrected chi connectivity index (χ2v) is 7.63. The molecule has 2 heterocycles. The van der Waals surface area contributed by atoms with Crippen LogP contribution in [-0.4, -0.2) is 27.0 Å². The zero-order valence-electron chi connectivity index (χ0n) is 19.5. The first-order chi connectivity index (χ1) is 14.9. The van der Waals surface area contributed by atoms with Crippen LogP contribution in [0.1, 0.15) is 91.9 Å². The number of rotatable bonds is 5. The molecule has 0 atom stereocenters. The molecule has 5 heteroatoms. The van der Waals surface area contributed by atoms with E-state index in [0.717, 1.165) is 23.0 Å². The van der Waals surface area contributed by atoms with Crippen molar-refractivity contribution in [2.75, 3.05) is 10.6 Å². The van der Waals surface area contributed by atoms with Crippen molar-refractivity contribution < 1.29 is 0 Å². The zero-order chi connectivity index (χ0) is 21.6. The maximum absolute atomic E-state index is 4.86. The van der Waals surface area contributed by atoms with E-state index in [2.05, 4.69) is 20.6 Å². The molecule has 0 aliphatic heterocycles. The lowest BCUT2D eigenvalue weighted by molar-refractivity contribution is 0.459. The van der Waals surface area contributed by atoms with E-state index in [1.165, 1.54) is 64.2 Å². The molecule has 0 bridgehead atoms. The van der Waals surface area contributed by atoms with Gasteiger partial charge in [-0.2, -0.15) is 4.98 Å². The molecule has 2 aliphatic rings. The van der Waals surface area contributed by atoms with Gasteiger partial charge in [0.1, 0.15) is 5.82 Å². The SMILES string of the molecule is CC.CC.c1ccc(-c2cnc(NC3CCCCC3)nc2NC2CCCCC2)nc1. The summed E-state index contributed by atoms with van der Waals surface area (Å²) in [6.45, 7) is 8.00. The number of pyridine rings is 1. The Morgan fingerprint density at radius 3 is 1.90 bits per heavy atom. The summed E-state index contributed by atoms with van der Waals surface area (Å²) in [5, 5.41) is 7.25. The van der Waals surface area contributed by atoms with Gasteiger partial charge in [-0.15, -0.1) is 0 Å². The van der Waals surface area contributed by atoms with Crippen LogP contribution in [0.2, 0.25) is 0 Å². The molecule has 2 N–H and O–H groups in total. The smallest absolute Gasteiger partial charge is 0.224 e. The summed E-state index contributed by atoms with van der Waals surface area (Å²) >= 11 is 0. The number of nitrogens with zero attached hydrogens (tertiary/aromatic N) is 3. The first-order valence-electron chi connectivity index (χ1n) is 12.2. The van der Waals surface area contributed by atoms with E-state index in [0.29, 0.717) is 12.1 Å². The van der Waals surface area contributed by atoms with Gasteiger partial charge in [0.2, 0.25) is 5.95 Å². The van der Waals surface area contributed by atoms with Gasteiger partial charge in [-0.1, -0.05) is 72.3 Å². The normalized spacial score (nSPS) is 17.1. The van der Waals surface area contributed by atoms with E-state index in [4.69, 9.17) is 4.98 Å². The molecule has 30 heavy (non-hydrogen) atoms. The van der Waals surface area contributed by atoms with Crippen LogP contribution < -0.4 is 10.6 Å². The molecule has 2 fully saturated rings. The van der Waals surface area contributed by atoms with Crippen molar-refractivity contribution in [1.82, 2.24) is 15.0 Å². The van der Waals surface area contributed by atoms with Crippen molar-refractivity contribution >= 4 is 11.8 Å². The van der Waals surface area contributed by atoms with Gasteiger partial charge in [0, 0.05) is 24.5 Å². The lowest BCUT2D eigenvalue weighted by Crippen LogP contribution is -2.25. The first kappa shape index (κ1) is 24.1. The van der Waals surface area contributed by atoms with Crippen molar-refractivity contribution in [2.24, 2.45) is 0 Å². The molecule has 2 aromatic rings. The van der Waals surface area contributed by atoms with Crippen molar-refractivity contribution in [1.29, 1.82) is 0 Å². The van der Waals surface area contributed by atoms with Gasteiger partial charge in [0.15, 0.2) is 0 Å². The van der Waals surface area contributed by atoms with Gasteiger partial charge in [-0.3, -0.25) is 4.98 Å². The largest absolute Gasteiger partial charge is 0.367 e.